The molecule has 2 aromatic carbocycles. The minimum atomic E-state index is -1.35. The zero-order valence-electron chi connectivity index (χ0n) is 28.3. The van der Waals surface area contributed by atoms with Gasteiger partial charge in [-0.25, -0.2) is 0 Å². The molecule has 0 aromatic heterocycles. The molecule has 2 aliphatic heterocycles. The summed E-state index contributed by atoms with van der Waals surface area (Å²) in [4.78, 5) is 93.3. The van der Waals surface area contributed by atoms with Gasteiger partial charge in [0.2, 0.25) is 41.4 Å². The van der Waals surface area contributed by atoms with Gasteiger partial charge in [0, 0.05) is 19.5 Å². The molecule has 51 heavy (non-hydrogen) atoms. The Balaban J connectivity index is 1.51. The zero-order valence-corrected chi connectivity index (χ0v) is 28.3. The number of amides is 7. The number of nitrogens with one attached hydrogen (secondary N) is 5. The molecule has 7 amide bonds. The number of benzene rings is 2. The van der Waals surface area contributed by atoms with Gasteiger partial charge < -0.3 is 48.1 Å². The number of carbonyl (C=O) groups is 7. The summed E-state index contributed by atoms with van der Waals surface area (Å²) in [6.07, 6.45) is 1.54. The van der Waals surface area contributed by atoms with E-state index in [1.807, 2.05) is 0 Å². The Hall–Kier alpha value is -5.51. The van der Waals surface area contributed by atoms with E-state index in [4.69, 9.17) is 11.5 Å². The number of hydrogen-bond donors (Lipinski definition) is 8. The van der Waals surface area contributed by atoms with Crippen molar-refractivity contribution in [2.75, 3.05) is 19.6 Å². The number of hydrogen-bond acceptors (Lipinski definition) is 9. The van der Waals surface area contributed by atoms with Crippen LogP contribution in [0.25, 0.3) is 0 Å². The number of rotatable bonds is 8. The molecule has 4 rings (SSSR count). The van der Waals surface area contributed by atoms with Gasteiger partial charge in [-0.2, -0.15) is 0 Å². The van der Waals surface area contributed by atoms with Crippen molar-refractivity contribution in [1.82, 2.24) is 31.5 Å². The molecule has 0 aliphatic carbocycles. The molecule has 0 unspecified atom stereocenters. The molecule has 0 bridgehead atoms. The van der Waals surface area contributed by atoms with Crippen LogP contribution in [0.15, 0.2) is 54.6 Å². The first kappa shape index (κ1) is 38.3. The number of phenolic OH excluding ortho intramolecular Hbond substituents is 1. The molecule has 2 aromatic rings. The van der Waals surface area contributed by atoms with E-state index in [9.17, 15) is 38.7 Å². The SMILES string of the molecule is NC(=O)[C@@H]1CCCN1C(=O)[C@H]1CC(=O)NCCCC[C@@H](NC(=O)[C@@H](N)Cc2ccc(O)cc2)C(=O)NCC(=O)N[C@@H](Cc2ccccc2)C(=O)N1. The molecule has 2 aliphatic rings. The van der Waals surface area contributed by atoms with Crippen LogP contribution in [0.2, 0.25) is 0 Å². The van der Waals surface area contributed by atoms with Crippen LogP contribution in [0, 0.1) is 0 Å². The third-order valence-corrected chi connectivity index (χ3v) is 8.83. The van der Waals surface area contributed by atoms with E-state index in [0.29, 0.717) is 36.8 Å². The number of nitrogens with two attached hydrogens (primary N) is 2. The van der Waals surface area contributed by atoms with Crippen LogP contribution in [0.4, 0.5) is 0 Å². The average molecular weight is 707 g/mol. The number of phenols is 1. The summed E-state index contributed by atoms with van der Waals surface area (Å²) in [5.74, 6) is -4.52. The Morgan fingerprint density at radius 2 is 1.59 bits per heavy atom. The lowest BCUT2D eigenvalue weighted by atomic mass is 10.0. The molecular weight excluding hydrogens is 660 g/mol. The fourth-order valence-corrected chi connectivity index (χ4v) is 6.08. The Bertz CT molecular complexity index is 1570. The predicted molar refractivity (Wildman–Crippen MR) is 184 cm³/mol. The smallest absolute Gasteiger partial charge is 0.246 e. The highest BCUT2D eigenvalue weighted by molar-refractivity contribution is 5.97. The molecule has 0 radical (unpaired) electrons. The van der Waals surface area contributed by atoms with Gasteiger partial charge in [0.25, 0.3) is 0 Å². The summed E-state index contributed by atoms with van der Waals surface area (Å²) in [7, 11) is 0. The number of likely N-dealkylation sites (tertiary alicyclic amines) is 1. The maximum atomic E-state index is 13.7. The molecule has 5 atom stereocenters. The van der Waals surface area contributed by atoms with Gasteiger partial charge in [0.15, 0.2) is 0 Å². The van der Waals surface area contributed by atoms with Crippen molar-refractivity contribution in [3.05, 3.63) is 65.7 Å². The van der Waals surface area contributed by atoms with Crippen LogP contribution in [-0.2, 0) is 46.4 Å². The van der Waals surface area contributed by atoms with Gasteiger partial charge >= 0.3 is 0 Å². The lowest BCUT2D eigenvalue weighted by molar-refractivity contribution is -0.142. The second kappa shape index (κ2) is 18.5. The highest BCUT2D eigenvalue weighted by Crippen LogP contribution is 2.19. The molecule has 0 spiro atoms. The highest BCUT2D eigenvalue weighted by atomic mass is 16.3. The van der Waals surface area contributed by atoms with Gasteiger partial charge in [0.1, 0.15) is 29.9 Å². The molecule has 10 N–H and O–H groups in total. The van der Waals surface area contributed by atoms with Crippen molar-refractivity contribution >= 4 is 41.4 Å². The minimum absolute atomic E-state index is 0.0185. The fourth-order valence-electron chi connectivity index (χ4n) is 6.08. The lowest BCUT2D eigenvalue weighted by Crippen LogP contribution is -2.58. The van der Waals surface area contributed by atoms with Gasteiger partial charge in [-0.3, -0.25) is 33.6 Å². The first-order valence-corrected chi connectivity index (χ1v) is 17.0. The average Bonchev–Trinajstić information content (AvgIpc) is 3.61. The van der Waals surface area contributed by atoms with Crippen molar-refractivity contribution in [3.63, 3.8) is 0 Å². The first-order valence-electron chi connectivity index (χ1n) is 17.0. The Morgan fingerprint density at radius 1 is 0.863 bits per heavy atom. The third-order valence-electron chi connectivity index (χ3n) is 8.83. The molecular formula is C35H46N8O8. The third kappa shape index (κ3) is 11.5. The fraction of sp³-hybridized carbons (Fsp3) is 0.457. The van der Waals surface area contributed by atoms with E-state index in [-0.39, 0.29) is 38.1 Å². The molecule has 2 fully saturated rings. The second-order valence-electron chi connectivity index (χ2n) is 12.8. The van der Waals surface area contributed by atoms with Crippen LogP contribution in [0.3, 0.4) is 0 Å². The lowest BCUT2D eigenvalue weighted by Gasteiger charge is -2.29. The van der Waals surface area contributed by atoms with Crippen LogP contribution in [0.1, 0.15) is 49.7 Å². The molecule has 16 nitrogen and oxygen atoms in total. The monoisotopic (exact) mass is 706 g/mol. The number of aromatic hydroxyl groups is 1. The highest BCUT2D eigenvalue weighted by Gasteiger charge is 2.38. The Morgan fingerprint density at radius 3 is 2.29 bits per heavy atom. The van der Waals surface area contributed by atoms with Crippen LogP contribution in [-0.4, -0.2) is 101 Å². The van der Waals surface area contributed by atoms with E-state index in [2.05, 4.69) is 26.6 Å². The van der Waals surface area contributed by atoms with Crippen molar-refractivity contribution in [3.8, 4) is 5.75 Å². The van der Waals surface area contributed by atoms with Crippen molar-refractivity contribution < 1.29 is 38.7 Å². The van der Waals surface area contributed by atoms with Crippen LogP contribution in [0.5, 0.6) is 5.75 Å². The molecule has 2 heterocycles. The van der Waals surface area contributed by atoms with Gasteiger partial charge in [-0.15, -0.1) is 0 Å². The van der Waals surface area contributed by atoms with Crippen LogP contribution >= 0.6 is 0 Å². The number of primary amides is 1. The number of nitrogens with zero attached hydrogens (tertiary/aromatic N) is 1. The summed E-state index contributed by atoms with van der Waals surface area (Å²) < 4.78 is 0. The van der Waals surface area contributed by atoms with Gasteiger partial charge in [-0.1, -0.05) is 42.5 Å². The topological polar surface area (TPSA) is 255 Å². The summed E-state index contributed by atoms with van der Waals surface area (Å²) in [5.41, 5.74) is 13.0. The van der Waals surface area contributed by atoms with E-state index >= 15 is 0 Å². The Labute approximate surface area is 295 Å². The summed E-state index contributed by atoms with van der Waals surface area (Å²) >= 11 is 0. The van der Waals surface area contributed by atoms with E-state index in [1.54, 1.807) is 42.5 Å². The summed E-state index contributed by atoms with van der Waals surface area (Å²) in [6.45, 7) is -0.135. The zero-order chi connectivity index (χ0) is 36.9. The predicted octanol–water partition coefficient (Wildman–Crippen LogP) is -1.76. The summed E-state index contributed by atoms with van der Waals surface area (Å²) in [6, 6.07) is 9.48. The Kier molecular flexibility index (Phi) is 13.9. The first-order chi connectivity index (χ1) is 24.4. The van der Waals surface area contributed by atoms with E-state index in [0.717, 1.165) is 0 Å². The van der Waals surface area contributed by atoms with Crippen molar-refractivity contribution in [2.45, 2.75) is 81.6 Å². The maximum absolute atomic E-state index is 13.7. The summed E-state index contributed by atoms with van der Waals surface area (Å²) in [5, 5.41) is 22.7. The molecule has 274 valence electrons. The normalized spacial score (nSPS) is 23.1. The van der Waals surface area contributed by atoms with E-state index in [1.165, 1.54) is 17.0 Å². The minimum Gasteiger partial charge on any atom is -0.508 e. The van der Waals surface area contributed by atoms with E-state index < -0.39 is 84.5 Å². The van der Waals surface area contributed by atoms with Gasteiger partial charge in [-0.05, 0) is 61.8 Å². The van der Waals surface area contributed by atoms with Crippen LogP contribution < -0.4 is 38.1 Å². The molecule has 16 heteroatoms. The molecule has 0 saturated carbocycles. The number of carbonyl (C=O) groups excluding carboxylic acids is 7. The standard InChI is InChI=1S/C35H46N8O8/c36-24(17-22-11-13-23(44)14-12-22)32(48)41-25-9-4-5-15-38-29(45)19-27(35(51)43-16-6-10-28(43)31(37)47)42-34(50)26(18-21-7-2-1-3-8-21)40-30(46)20-39-33(25)49/h1-3,7-8,11-14,24-28,44H,4-6,9-10,15-20,36H2,(H2,37,47)(H,38,45)(H,39,49)(H,40,46)(H,41,48)(H,42,50)/t24-,25+,26-,27+,28-/m0/s1. The van der Waals surface area contributed by atoms with Gasteiger partial charge in [0.05, 0.1) is 19.0 Å². The second-order valence-corrected chi connectivity index (χ2v) is 12.8. The largest absolute Gasteiger partial charge is 0.508 e. The maximum Gasteiger partial charge on any atom is 0.246 e. The quantitative estimate of drug-likeness (QED) is 0.155. The van der Waals surface area contributed by atoms with Crippen molar-refractivity contribution in [1.29, 1.82) is 0 Å². The molecule has 2 saturated heterocycles. The van der Waals surface area contributed by atoms with Crippen molar-refractivity contribution in [2.24, 2.45) is 11.5 Å².